The number of rotatable bonds is 9. The van der Waals surface area contributed by atoms with Crippen LogP contribution < -0.4 is 5.32 Å². The van der Waals surface area contributed by atoms with E-state index in [2.05, 4.69) is 25.4 Å². The first-order valence-electron chi connectivity index (χ1n) is 5.60. The molecule has 0 aromatic rings. The van der Waals surface area contributed by atoms with Gasteiger partial charge >= 0.3 is 5.97 Å². The lowest BCUT2D eigenvalue weighted by molar-refractivity contribution is -0.139. The molecule has 0 amide bonds. The molecule has 15 heavy (non-hydrogen) atoms. The van der Waals surface area contributed by atoms with Crippen LogP contribution in [0.15, 0.2) is 0 Å². The summed E-state index contributed by atoms with van der Waals surface area (Å²) in [4.78, 5) is 10.9. The van der Waals surface area contributed by atoms with Crippen molar-refractivity contribution in [2.75, 3.05) is 12.8 Å². The zero-order chi connectivity index (χ0) is 11.7. The van der Waals surface area contributed by atoms with Crippen LogP contribution in [-0.4, -0.2) is 35.2 Å². The van der Waals surface area contributed by atoms with E-state index < -0.39 is 5.97 Å². The van der Waals surface area contributed by atoms with Crippen LogP contribution >= 0.6 is 11.8 Å². The van der Waals surface area contributed by atoms with Crippen molar-refractivity contribution in [2.45, 2.75) is 50.8 Å². The average Bonchev–Trinajstić information content (AvgIpc) is 2.22. The smallest absolute Gasteiger partial charge is 0.320 e. The van der Waals surface area contributed by atoms with Gasteiger partial charge in [-0.3, -0.25) is 4.79 Å². The highest BCUT2D eigenvalue weighted by molar-refractivity contribution is 7.99. The highest BCUT2D eigenvalue weighted by atomic mass is 32.2. The van der Waals surface area contributed by atoms with Crippen molar-refractivity contribution in [3.8, 4) is 0 Å². The molecule has 0 aliphatic heterocycles. The van der Waals surface area contributed by atoms with E-state index >= 15 is 0 Å². The van der Waals surface area contributed by atoms with Crippen LogP contribution in [0.25, 0.3) is 0 Å². The van der Waals surface area contributed by atoms with Gasteiger partial charge in [0, 0.05) is 5.25 Å². The predicted octanol–water partition coefficient (Wildman–Crippen LogP) is 2.36. The number of hydrogen-bond donors (Lipinski definition) is 2. The van der Waals surface area contributed by atoms with Crippen molar-refractivity contribution in [2.24, 2.45) is 0 Å². The van der Waals surface area contributed by atoms with E-state index in [-0.39, 0.29) is 6.04 Å². The van der Waals surface area contributed by atoms with Gasteiger partial charge < -0.3 is 10.4 Å². The molecule has 0 aromatic heterocycles. The van der Waals surface area contributed by atoms with Crippen molar-refractivity contribution < 1.29 is 9.90 Å². The standard InChI is InChI=1S/C11H23NO2S/c1-4-5-6-10(11(13)14)12-8-7-9(2)15-3/h9-10,12H,4-8H2,1-3H3,(H,13,14). The molecular formula is C11H23NO2S. The molecule has 0 fully saturated rings. The van der Waals surface area contributed by atoms with Crippen LogP contribution in [-0.2, 0) is 4.79 Å². The van der Waals surface area contributed by atoms with Gasteiger partial charge in [0.2, 0.25) is 0 Å². The minimum Gasteiger partial charge on any atom is -0.480 e. The molecule has 90 valence electrons. The molecule has 0 aliphatic carbocycles. The molecule has 0 saturated heterocycles. The average molecular weight is 233 g/mol. The Hall–Kier alpha value is -0.220. The molecular weight excluding hydrogens is 210 g/mol. The molecule has 0 saturated carbocycles. The second-order valence-corrected chi connectivity index (χ2v) is 5.10. The summed E-state index contributed by atoms with van der Waals surface area (Å²) in [6.45, 7) is 5.03. The highest BCUT2D eigenvalue weighted by Crippen LogP contribution is 2.08. The molecule has 2 unspecified atom stereocenters. The molecule has 0 aromatic carbocycles. The fourth-order valence-electron chi connectivity index (χ4n) is 1.30. The lowest BCUT2D eigenvalue weighted by atomic mass is 10.1. The minimum atomic E-state index is -0.722. The molecule has 0 aliphatic rings. The largest absolute Gasteiger partial charge is 0.480 e. The third-order valence-electron chi connectivity index (χ3n) is 2.49. The fraction of sp³-hybridized carbons (Fsp3) is 0.909. The summed E-state index contributed by atoms with van der Waals surface area (Å²) in [5.74, 6) is -0.722. The van der Waals surface area contributed by atoms with Crippen molar-refractivity contribution in [1.29, 1.82) is 0 Å². The van der Waals surface area contributed by atoms with E-state index in [0.717, 1.165) is 32.2 Å². The van der Waals surface area contributed by atoms with Gasteiger partial charge in [0.25, 0.3) is 0 Å². The molecule has 0 bridgehead atoms. The van der Waals surface area contributed by atoms with Crippen molar-refractivity contribution in [3.05, 3.63) is 0 Å². The van der Waals surface area contributed by atoms with Gasteiger partial charge in [-0.1, -0.05) is 26.7 Å². The SMILES string of the molecule is CCCCC(NCCC(C)SC)C(=O)O. The van der Waals surface area contributed by atoms with E-state index in [9.17, 15) is 4.79 Å². The molecule has 0 spiro atoms. The van der Waals surface area contributed by atoms with Gasteiger partial charge in [-0.15, -0.1) is 0 Å². The fourth-order valence-corrected chi connectivity index (χ4v) is 1.65. The Balaban J connectivity index is 3.71. The summed E-state index contributed by atoms with van der Waals surface area (Å²) >= 11 is 1.82. The molecule has 0 heterocycles. The Morgan fingerprint density at radius 3 is 2.60 bits per heavy atom. The quantitative estimate of drug-likeness (QED) is 0.642. The number of aliphatic carboxylic acids is 1. The lowest BCUT2D eigenvalue weighted by Gasteiger charge is -2.15. The van der Waals surface area contributed by atoms with Gasteiger partial charge in [-0.2, -0.15) is 11.8 Å². The van der Waals surface area contributed by atoms with E-state index in [1.807, 2.05) is 11.8 Å². The minimum absolute atomic E-state index is 0.362. The molecule has 0 rings (SSSR count). The maximum absolute atomic E-state index is 10.9. The van der Waals surface area contributed by atoms with Gasteiger partial charge in [0.05, 0.1) is 0 Å². The number of carbonyl (C=O) groups is 1. The predicted molar refractivity (Wildman–Crippen MR) is 66.5 cm³/mol. The Bertz CT molecular complexity index is 176. The van der Waals surface area contributed by atoms with Crippen molar-refractivity contribution in [1.82, 2.24) is 5.32 Å². The topological polar surface area (TPSA) is 49.3 Å². The van der Waals surface area contributed by atoms with Crippen LogP contribution in [0, 0.1) is 0 Å². The zero-order valence-corrected chi connectivity index (χ0v) is 10.8. The van der Waals surface area contributed by atoms with Crippen LogP contribution in [0.4, 0.5) is 0 Å². The number of hydrogen-bond acceptors (Lipinski definition) is 3. The molecule has 2 N–H and O–H groups in total. The van der Waals surface area contributed by atoms with Crippen molar-refractivity contribution >= 4 is 17.7 Å². The summed E-state index contributed by atoms with van der Waals surface area (Å²) in [5, 5.41) is 12.7. The third-order valence-corrected chi connectivity index (χ3v) is 3.53. The highest BCUT2D eigenvalue weighted by Gasteiger charge is 2.15. The van der Waals surface area contributed by atoms with Gasteiger partial charge in [0.15, 0.2) is 0 Å². The second kappa shape index (κ2) is 9.04. The number of carboxylic acid groups (broad SMARTS) is 1. The van der Waals surface area contributed by atoms with Crippen molar-refractivity contribution in [3.63, 3.8) is 0 Å². The van der Waals surface area contributed by atoms with Crippen LogP contribution in [0.2, 0.25) is 0 Å². The maximum Gasteiger partial charge on any atom is 0.320 e. The Kier molecular flexibility index (Phi) is 8.91. The Morgan fingerprint density at radius 1 is 1.47 bits per heavy atom. The molecule has 3 nitrogen and oxygen atoms in total. The van der Waals surface area contributed by atoms with E-state index in [1.54, 1.807) is 0 Å². The summed E-state index contributed by atoms with van der Waals surface area (Å²) in [5.41, 5.74) is 0. The Labute approximate surface area is 97.0 Å². The van der Waals surface area contributed by atoms with Gasteiger partial charge in [0.1, 0.15) is 6.04 Å². The van der Waals surface area contributed by atoms with E-state index in [4.69, 9.17) is 5.11 Å². The van der Waals surface area contributed by atoms with Crippen LogP contribution in [0.1, 0.15) is 39.5 Å². The summed E-state index contributed by atoms with van der Waals surface area (Å²) < 4.78 is 0. The number of unbranched alkanes of at least 4 members (excludes halogenated alkanes) is 1. The number of thioether (sulfide) groups is 1. The first-order chi connectivity index (χ1) is 7.11. The zero-order valence-electron chi connectivity index (χ0n) is 9.95. The first-order valence-corrected chi connectivity index (χ1v) is 6.89. The third kappa shape index (κ3) is 7.68. The maximum atomic E-state index is 10.9. The summed E-state index contributed by atoms with van der Waals surface area (Å²) in [6.07, 6.45) is 5.86. The first kappa shape index (κ1) is 14.8. The van der Waals surface area contributed by atoms with E-state index in [0.29, 0.717) is 5.25 Å². The number of carboxylic acids is 1. The summed E-state index contributed by atoms with van der Waals surface area (Å²) in [6, 6.07) is -0.362. The number of nitrogens with one attached hydrogen (secondary N) is 1. The molecule has 4 heteroatoms. The Morgan fingerprint density at radius 2 is 2.13 bits per heavy atom. The second-order valence-electron chi connectivity index (χ2n) is 3.82. The molecule has 2 atom stereocenters. The normalized spacial score (nSPS) is 14.9. The lowest BCUT2D eigenvalue weighted by Crippen LogP contribution is -2.37. The molecule has 0 radical (unpaired) electrons. The van der Waals surface area contributed by atoms with Gasteiger partial charge in [-0.25, -0.2) is 0 Å². The summed E-state index contributed by atoms with van der Waals surface area (Å²) in [7, 11) is 0. The van der Waals surface area contributed by atoms with Crippen LogP contribution in [0.3, 0.4) is 0 Å². The van der Waals surface area contributed by atoms with Crippen LogP contribution in [0.5, 0.6) is 0 Å². The van der Waals surface area contributed by atoms with Gasteiger partial charge in [-0.05, 0) is 25.6 Å². The van der Waals surface area contributed by atoms with E-state index in [1.165, 1.54) is 0 Å². The monoisotopic (exact) mass is 233 g/mol.